The van der Waals surface area contributed by atoms with Crippen LogP contribution in [0.5, 0.6) is 5.75 Å². The van der Waals surface area contributed by atoms with Gasteiger partial charge in [-0.25, -0.2) is 0 Å². The minimum absolute atomic E-state index is 0.573. The maximum atomic E-state index is 8.74. The van der Waals surface area contributed by atoms with Crippen LogP contribution in [0.25, 0.3) is 6.08 Å². The normalized spacial score (nSPS) is 9.30. The van der Waals surface area contributed by atoms with Gasteiger partial charge in [0.05, 0.1) is 0 Å². The fourth-order valence-electron chi connectivity index (χ4n) is 1.26. The van der Waals surface area contributed by atoms with E-state index in [0.29, 0.717) is 6.61 Å². The molecule has 0 fully saturated rings. The molecule has 2 aromatic rings. The Morgan fingerprint density at radius 3 is 1.70 bits per heavy atom. The van der Waals surface area contributed by atoms with E-state index in [-0.39, 0.29) is 0 Å². The van der Waals surface area contributed by atoms with E-state index >= 15 is 0 Å². The molecule has 0 heterocycles. The SMILES string of the molecule is C=CCOc1ccccc1.C=Cc1ccccc1.O=S(=O)(O)O. The second kappa shape index (κ2) is 12.2. The van der Waals surface area contributed by atoms with Gasteiger partial charge in [-0.1, -0.05) is 73.8 Å². The molecule has 0 aliphatic rings. The van der Waals surface area contributed by atoms with Crippen LogP contribution in [-0.2, 0) is 10.4 Å². The average molecular weight is 336 g/mol. The summed E-state index contributed by atoms with van der Waals surface area (Å²) >= 11 is 0. The van der Waals surface area contributed by atoms with Gasteiger partial charge in [-0.2, -0.15) is 8.42 Å². The quantitative estimate of drug-likeness (QED) is 0.653. The number of ether oxygens (including phenoxy) is 1. The highest BCUT2D eigenvalue weighted by molar-refractivity contribution is 7.79. The molecule has 0 unspecified atom stereocenters. The molecule has 2 N–H and O–H groups in total. The molecule has 23 heavy (non-hydrogen) atoms. The highest BCUT2D eigenvalue weighted by Gasteiger charge is 1.85. The van der Waals surface area contributed by atoms with E-state index in [9.17, 15) is 0 Å². The summed E-state index contributed by atoms with van der Waals surface area (Å²) in [6.07, 6.45) is 3.56. The Balaban J connectivity index is 0.000000335. The molecule has 124 valence electrons. The highest BCUT2D eigenvalue weighted by Crippen LogP contribution is 2.07. The van der Waals surface area contributed by atoms with Gasteiger partial charge in [-0.05, 0) is 17.7 Å². The maximum Gasteiger partial charge on any atom is 0.394 e. The summed E-state index contributed by atoms with van der Waals surface area (Å²) in [5.41, 5.74) is 1.17. The van der Waals surface area contributed by atoms with Gasteiger partial charge in [-0.3, -0.25) is 9.11 Å². The van der Waals surface area contributed by atoms with Crippen LogP contribution in [0.1, 0.15) is 5.56 Å². The van der Waals surface area contributed by atoms with Gasteiger partial charge in [0, 0.05) is 0 Å². The molecular formula is C17H20O5S. The summed E-state index contributed by atoms with van der Waals surface area (Å²) < 4.78 is 36.8. The summed E-state index contributed by atoms with van der Waals surface area (Å²) in [6, 6.07) is 19.7. The average Bonchev–Trinajstić information content (AvgIpc) is 2.54. The Labute approximate surface area is 137 Å². The minimum Gasteiger partial charge on any atom is -0.490 e. The van der Waals surface area contributed by atoms with Crippen LogP contribution < -0.4 is 4.74 Å². The van der Waals surface area contributed by atoms with E-state index in [4.69, 9.17) is 22.3 Å². The Hall–Kier alpha value is -2.41. The third-order valence-corrected chi connectivity index (χ3v) is 2.15. The van der Waals surface area contributed by atoms with E-state index in [0.717, 1.165) is 5.75 Å². The van der Waals surface area contributed by atoms with Gasteiger partial charge in [0.1, 0.15) is 12.4 Å². The van der Waals surface area contributed by atoms with Crippen molar-refractivity contribution < 1.29 is 22.3 Å². The number of rotatable bonds is 4. The van der Waals surface area contributed by atoms with Crippen LogP contribution in [0.2, 0.25) is 0 Å². The Morgan fingerprint density at radius 2 is 1.35 bits per heavy atom. The smallest absolute Gasteiger partial charge is 0.394 e. The molecule has 0 aromatic heterocycles. The zero-order valence-electron chi connectivity index (χ0n) is 12.6. The molecule has 0 aliphatic heterocycles. The molecule has 5 nitrogen and oxygen atoms in total. The number of hydrogen-bond acceptors (Lipinski definition) is 3. The molecule has 0 bridgehead atoms. The Kier molecular flexibility index (Phi) is 10.9. The topological polar surface area (TPSA) is 83.8 Å². The van der Waals surface area contributed by atoms with Crippen LogP contribution in [0, 0.1) is 0 Å². The zero-order valence-corrected chi connectivity index (χ0v) is 13.4. The lowest BCUT2D eigenvalue weighted by Crippen LogP contribution is -1.91. The lowest BCUT2D eigenvalue weighted by Gasteiger charge is -1.99. The van der Waals surface area contributed by atoms with Crippen molar-refractivity contribution in [2.75, 3.05) is 6.61 Å². The van der Waals surface area contributed by atoms with E-state index in [2.05, 4.69) is 13.2 Å². The Bertz CT molecular complexity index is 644. The first kappa shape index (κ1) is 20.6. The first-order valence-electron chi connectivity index (χ1n) is 6.53. The lowest BCUT2D eigenvalue weighted by atomic mass is 10.2. The van der Waals surface area contributed by atoms with Crippen LogP contribution in [0.3, 0.4) is 0 Å². The van der Waals surface area contributed by atoms with Crippen molar-refractivity contribution in [3.63, 3.8) is 0 Å². The maximum absolute atomic E-state index is 8.74. The third kappa shape index (κ3) is 15.8. The molecule has 0 saturated heterocycles. The summed E-state index contributed by atoms with van der Waals surface area (Å²) in [4.78, 5) is 0. The fourth-order valence-corrected chi connectivity index (χ4v) is 1.26. The molecule has 0 amide bonds. The van der Waals surface area contributed by atoms with Crippen LogP contribution in [0.4, 0.5) is 0 Å². The number of hydrogen-bond donors (Lipinski definition) is 2. The molecule has 2 rings (SSSR count). The Morgan fingerprint density at radius 1 is 0.913 bits per heavy atom. The second-order valence-electron chi connectivity index (χ2n) is 3.98. The van der Waals surface area contributed by atoms with Crippen LogP contribution in [0.15, 0.2) is 79.9 Å². The van der Waals surface area contributed by atoms with Gasteiger partial charge < -0.3 is 4.74 Å². The number of para-hydroxylation sites is 1. The van der Waals surface area contributed by atoms with Crippen molar-refractivity contribution in [3.05, 3.63) is 85.5 Å². The van der Waals surface area contributed by atoms with E-state index in [1.807, 2.05) is 66.7 Å². The van der Waals surface area contributed by atoms with Crippen molar-refractivity contribution in [2.24, 2.45) is 0 Å². The van der Waals surface area contributed by atoms with Crippen molar-refractivity contribution in [1.82, 2.24) is 0 Å². The molecule has 0 atom stereocenters. The standard InChI is InChI=1S/C9H10O.C8H8.H2O4S/c1-2-8-10-9-6-4-3-5-7-9;1-2-8-6-4-3-5-7-8;1-5(2,3)4/h2-7H,1,8H2;2-7H,1H2;(H2,1,2,3,4). The number of benzene rings is 2. The summed E-state index contributed by atoms with van der Waals surface area (Å²) in [6.45, 7) is 7.76. The van der Waals surface area contributed by atoms with E-state index in [1.165, 1.54) is 5.56 Å². The van der Waals surface area contributed by atoms with Gasteiger partial charge in [0.2, 0.25) is 0 Å². The van der Waals surface area contributed by atoms with E-state index in [1.54, 1.807) is 6.08 Å². The second-order valence-corrected chi connectivity index (χ2v) is 4.87. The monoisotopic (exact) mass is 336 g/mol. The first-order valence-corrected chi connectivity index (χ1v) is 7.92. The first-order chi connectivity index (χ1) is 10.9. The lowest BCUT2D eigenvalue weighted by molar-refractivity contribution is 0.363. The minimum atomic E-state index is -4.67. The molecule has 0 saturated carbocycles. The van der Waals surface area contributed by atoms with Gasteiger partial charge in [-0.15, -0.1) is 0 Å². The van der Waals surface area contributed by atoms with Crippen molar-refractivity contribution >= 4 is 16.5 Å². The largest absolute Gasteiger partial charge is 0.490 e. The molecule has 6 heteroatoms. The van der Waals surface area contributed by atoms with Crippen LogP contribution in [-0.4, -0.2) is 24.1 Å². The molecule has 0 spiro atoms. The van der Waals surface area contributed by atoms with Crippen LogP contribution >= 0.6 is 0 Å². The van der Waals surface area contributed by atoms with Gasteiger partial charge in [0.25, 0.3) is 0 Å². The summed E-state index contributed by atoms with van der Waals surface area (Å²) in [7, 11) is -4.67. The molecule has 0 radical (unpaired) electrons. The molecule has 0 aliphatic carbocycles. The summed E-state index contributed by atoms with van der Waals surface area (Å²) in [5, 5.41) is 0. The predicted molar refractivity (Wildman–Crippen MR) is 92.8 cm³/mol. The fraction of sp³-hybridized carbons (Fsp3) is 0.0588. The van der Waals surface area contributed by atoms with Crippen molar-refractivity contribution in [2.45, 2.75) is 0 Å². The third-order valence-electron chi connectivity index (χ3n) is 2.15. The zero-order chi connectivity index (χ0) is 17.6. The summed E-state index contributed by atoms with van der Waals surface area (Å²) in [5.74, 6) is 0.891. The van der Waals surface area contributed by atoms with Crippen molar-refractivity contribution in [3.8, 4) is 5.75 Å². The predicted octanol–water partition coefficient (Wildman–Crippen LogP) is 3.93. The highest BCUT2D eigenvalue weighted by atomic mass is 32.3. The molecular weight excluding hydrogens is 316 g/mol. The van der Waals surface area contributed by atoms with E-state index < -0.39 is 10.4 Å². The molecule has 2 aromatic carbocycles. The van der Waals surface area contributed by atoms with Gasteiger partial charge in [0.15, 0.2) is 0 Å². The van der Waals surface area contributed by atoms with Gasteiger partial charge >= 0.3 is 10.4 Å². The van der Waals surface area contributed by atoms with Crippen molar-refractivity contribution in [1.29, 1.82) is 0 Å².